The van der Waals surface area contributed by atoms with Gasteiger partial charge in [-0.2, -0.15) is 0 Å². The minimum atomic E-state index is -0.0476. The maximum absolute atomic E-state index is 12.7. The predicted molar refractivity (Wildman–Crippen MR) is 102 cm³/mol. The van der Waals surface area contributed by atoms with Gasteiger partial charge in [0.05, 0.1) is 12.4 Å². The number of aromatic nitrogens is 2. The Kier molecular flexibility index (Phi) is 4.99. The molecule has 3 saturated heterocycles. The molecule has 1 spiro atoms. The number of likely N-dealkylation sites (N-methyl/N-ethyl adjacent to an activating group) is 1. The van der Waals surface area contributed by atoms with Crippen LogP contribution in [0.5, 0.6) is 0 Å². The minimum absolute atomic E-state index is 0.0186. The van der Waals surface area contributed by atoms with Gasteiger partial charge in [0, 0.05) is 51.2 Å². The van der Waals surface area contributed by atoms with E-state index in [1.807, 2.05) is 4.90 Å². The van der Waals surface area contributed by atoms with Crippen LogP contribution in [-0.4, -0.2) is 83.4 Å². The van der Waals surface area contributed by atoms with Crippen molar-refractivity contribution >= 4 is 17.6 Å². The van der Waals surface area contributed by atoms with Crippen molar-refractivity contribution in [3.05, 3.63) is 18.1 Å². The first-order chi connectivity index (χ1) is 13.1. The molecular formula is C19H28N6O2. The lowest BCUT2D eigenvalue weighted by Gasteiger charge is -2.49. The van der Waals surface area contributed by atoms with Crippen molar-refractivity contribution in [1.29, 1.82) is 0 Å². The minimum Gasteiger partial charge on any atom is -0.356 e. The van der Waals surface area contributed by atoms with Crippen molar-refractivity contribution < 1.29 is 9.59 Å². The number of hydrogen-bond donors (Lipinski definition) is 1. The number of piperazine rings is 1. The van der Waals surface area contributed by atoms with E-state index >= 15 is 0 Å². The third kappa shape index (κ3) is 3.63. The van der Waals surface area contributed by atoms with Crippen LogP contribution in [-0.2, 0) is 4.79 Å². The summed E-state index contributed by atoms with van der Waals surface area (Å²) in [5, 5.41) is 2.98. The molecule has 0 aromatic carbocycles. The number of nitrogens with zero attached hydrogens (tertiary/aromatic N) is 5. The predicted octanol–water partition coefficient (Wildman–Crippen LogP) is 0.503. The summed E-state index contributed by atoms with van der Waals surface area (Å²) in [5.74, 6) is 0.876. The van der Waals surface area contributed by atoms with E-state index in [9.17, 15) is 9.59 Å². The van der Waals surface area contributed by atoms with Crippen LogP contribution in [0.25, 0.3) is 0 Å². The Labute approximate surface area is 159 Å². The normalized spacial score (nSPS) is 26.9. The summed E-state index contributed by atoms with van der Waals surface area (Å²) in [6.07, 6.45) is 7.76. The third-order valence-electron chi connectivity index (χ3n) is 6.29. The van der Waals surface area contributed by atoms with Crippen LogP contribution in [0, 0.1) is 0 Å². The molecule has 4 rings (SSSR count). The molecule has 0 radical (unpaired) electrons. The Morgan fingerprint density at radius 3 is 2.78 bits per heavy atom. The summed E-state index contributed by atoms with van der Waals surface area (Å²) < 4.78 is 0. The van der Waals surface area contributed by atoms with E-state index in [1.54, 1.807) is 12.4 Å². The van der Waals surface area contributed by atoms with Crippen LogP contribution >= 0.6 is 0 Å². The molecule has 146 valence electrons. The monoisotopic (exact) mass is 372 g/mol. The molecule has 3 aliphatic rings. The topological polar surface area (TPSA) is 81.7 Å². The van der Waals surface area contributed by atoms with E-state index in [1.165, 1.54) is 0 Å². The lowest BCUT2D eigenvalue weighted by Crippen LogP contribution is -2.61. The van der Waals surface area contributed by atoms with Crippen molar-refractivity contribution in [2.24, 2.45) is 0 Å². The largest absolute Gasteiger partial charge is 0.356 e. The summed E-state index contributed by atoms with van der Waals surface area (Å²) in [7, 11) is 2.14. The highest BCUT2D eigenvalue weighted by Gasteiger charge is 2.41. The average molecular weight is 372 g/mol. The van der Waals surface area contributed by atoms with Crippen LogP contribution < -0.4 is 10.2 Å². The molecule has 1 aromatic heterocycles. The fourth-order valence-electron chi connectivity index (χ4n) is 4.49. The number of nitrogens with one attached hydrogen (secondary N) is 1. The molecule has 8 nitrogen and oxygen atoms in total. The van der Waals surface area contributed by atoms with E-state index in [2.05, 4.69) is 32.1 Å². The van der Waals surface area contributed by atoms with Gasteiger partial charge in [-0.25, -0.2) is 4.98 Å². The van der Waals surface area contributed by atoms with E-state index in [4.69, 9.17) is 0 Å². The third-order valence-corrected chi connectivity index (χ3v) is 6.29. The molecule has 27 heavy (non-hydrogen) atoms. The molecule has 8 heteroatoms. The molecule has 1 atom stereocenters. The Morgan fingerprint density at radius 1 is 1.15 bits per heavy atom. The van der Waals surface area contributed by atoms with Gasteiger partial charge in [-0.15, -0.1) is 0 Å². The summed E-state index contributed by atoms with van der Waals surface area (Å²) in [5.41, 5.74) is 0.383. The Morgan fingerprint density at radius 2 is 1.96 bits per heavy atom. The van der Waals surface area contributed by atoms with Crippen molar-refractivity contribution in [1.82, 2.24) is 25.1 Å². The van der Waals surface area contributed by atoms with E-state index in [0.717, 1.165) is 64.2 Å². The molecule has 3 aliphatic heterocycles. The first-order valence-electron chi connectivity index (χ1n) is 9.92. The molecule has 4 heterocycles. The highest BCUT2D eigenvalue weighted by molar-refractivity contribution is 5.92. The molecule has 0 saturated carbocycles. The van der Waals surface area contributed by atoms with E-state index in [0.29, 0.717) is 18.7 Å². The number of amides is 2. The maximum atomic E-state index is 12.7. The molecule has 3 fully saturated rings. The van der Waals surface area contributed by atoms with Crippen molar-refractivity contribution in [3.8, 4) is 0 Å². The highest BCUT2D eigenvalue weighted by atomic mass is 16.2. The van der Waals surface area contributed by atoms with Gasteiger partial charge >= 0.3 is 0 Å². The van der Waals surface area contributed by atoms with E-state index in [-0.39, 0.29) is 17.4 Å². The second kappa shape index (κ2) is 7.42. The SMILES string of the molecule is CN1CCN(c2cncc(C(=O)N3CCCC3)n2)C[C@@]12CCNC(=O)CC2. The molecule has 2 amide bonds. The van der Waals surface area contributed by atoms with Gasteiger partial charge in [-0.1, -0.05) is 0 Å². The first kappa shape index (κ1) is 18.2. The Bertz CT molecular complexity index is 720. The van der Waals surface area contributed by atoms with Crippen LogP contribution in [0.15, 0.2) is 12.4 Å². The summed E-state index contributed by atoms with van der Waals surface area (Å²) in [4.78, 5) is 39.9. The first-order valence-corrected chi connectivity index (χ1v) is 9.92. The highest BCUT2D eigenvalue weighted by Crippen LogP contribution is 2.32. The number of anilines is 1. The fraction of sp³-hybridized carbons (Fsp3) is 0.684. The molecule has 0 aliphatic carbocycles. The number of carbonyl (C=O) groups is 2. The molecule has 1 N–H and O–H groups in total. The van der Waals surface area contributed by atoms with Crippen LogP contribution in [0.4, 0.5) is 5.82 Å². The van der Waals surface area contributed by atoms with Gasteiger partial charge in [0.2, 0.25) is 5.91 Å². The standard InChI is InChI=1S/C19H28N6O2/c1-23-10-11-25(14-19(23)5-4-17(26)21-7-6-19)16-13-20-12-15(22-16)18(27)24-8-2-3-9-24/h12-13H,2-11,14H2,1H3,(H,21,26)/t19-/m1/s1. The smallest absolute Gasteiger partial charge is 0.274 e. The number of carbonyl (C=O) groups excluding carboxylic acids is 2. The number of hydrogen-bond acceptors (Lipinski definition) is 6. The fourth-order valence-corrected chi connectivity index (χ4v) is 4.49. The zero-order valence-electron chi connectivity index (χ0n) is 16.0. The quantitative estimate of drug-likeness (QED) is 0.814. The molecular weight excluding hydrogens is 344 g/mol. The second-order valence-corrected chi connectivity index (χ2v) is 7.93. The lowest BCUT2D eigenvalue weighted by atomic mass is 9.86. The summed E-state index contributed by atoms with van der Waals surface area (Å²) >= 11 is 0. The van der Waals surface area contributed by atoms with Crippen molar-refractivity contribution in [3.63, 3.8) is 0 Å². The number of likely N-dealkylation sites (tertiary alicyclic amines) is 1. The molecule has 1 aromatic rings. The van der Waals surface area contributed by atoms with Gasteiger partial charge in [0.15, 0.2) is 0 Å². The van der Waals surface area contributed by atoms with Crippen LogP contribution in [0.1, 0.15) is 42.6 Å². The van der Waals surface area contributed by atoms with Crippen LogP contribution in [0.3, 0.4) is 0 Å². The van der Waals surface area contributed by atoms with Gasteiger partial charge in [0.25, 0.3) is 5.91 Å². The second-order valence-electron chi connectivity index (χ2n) is 7.93. The lowest BCUT2D eigenvalue weighted by molar-refractivity contribution is -0.120. The van der Waals surface area contributed by atoms with E-state index < -0.39 is 0 Å². The van der Waals surface area contributed by atoms with Gasteiger partial charge < -0.3 is 15.1 Å². The number of rotatable bonds is 2. The van der Waals surface area contributed by atoms with Crippen molar-refractivity contribution in [2.75, 3.05) is 51.2 Å². The zero-order chi connectivity index (χ0) is 18.9. The zero-order valence-corrected chi connectivity index (χ0v) is 16.0. The molecule has 0 bridgehead atoms. The van der Waals surface area contributed by atoms with Gasteiger partial charge in [-0.3, -0.25) is 19.5 Å². The van der Waals surface area contributed by atoms with Crippen LogP contribution in [0.2, 0.25) is 0 Å². The maximum Gasteiger partial charge on any atom is 0.274 e. The molecule has 0 unspecified atom stereocenters. The Hall–Kier alpha value is -2.22. The van der Waals surface area contributed by atoms with Crippen molar-refractivity contribution in [2.45, 2.75) is 37.6 Å². The van der Waals surface area contributed by atoms with Gasteiger partial charge in [0.1, 0.15) is 11.5 Å². The Balaban J connectivity index is 1.53. The average Bonchev–Trinajstić information content (AvgIpc) is 3.16. The van der Waals surface area contributed by atoms with Gasteiger partial charge in [-0.05, 0) is 32.7 Å². The summed E-state index contributed by atoms with van der Waals surface area (Å²) in [6, 6.07) is 0. The summed E-state index contributed by atoms with van der Waals surface area (Å²) in [6.45, 7) is 4.87.